The number of amides is 2. The third-order valence-electron chi connectivity index (χ3n) is 3.92. The Labute approximate surface area is 183 Å². The number of rotatable bonds is 8. The maximum atomic E-state index is 12.9. The fourth-order valence-electron chi connectivity index (χ4n) is 2.69. The van der Waals surface area contributed by atoms with Gasteiger partial charge in [0.05, 0.1) is 11.6 Å². The fourth-order valence-corrected chi connectivity index (χ4v) is 3.43. The van der Waals surface area contributed by atoms with Gasteiger partial charge in [-0.05, 0) is 18.1 Å². The minimum Gasteiger partial charge on any atom is -0.458 e. The molecule has 0 atom stereocenters. The standard InChI is InChI=1S/C20H21ClN4O4S/c1-12(2)8-15(19(27)23-20-22-17(11-28-3)24-30-20)25-10-13(9-18(25)26)29-16-7-5-4-6-14(16)21/h4-9,12H,10-11H2,1-3H3,(H,22,23,24,27). The minimum absolute atomic E-state index is 0.0329. The van der Waals surface area contributed by atoms with Gasteiger partial charge in [0.1, 0.15) is 23.8 Å². The van der Waals surface area contributed by atoms with Gasteiger partial charge in [-0.3, -0.25) is 19.8 Å². The smallest absolute Gasteiger partial charge is 0.273 e. The SMILES string of the molecule is COCc1nsc(NC(=O)C(=CC(C)C)N2CC(Oc3ccccc3Cl)=CC2=O)n1. The molecule has 0 fully saturated rings. The summed E-state index contributed by atoms with van der Waals surface area (Å²) in [7, 11) is 1.54. The quantitative estimate of drug-likeness (QED) is 0.620. The Morgan fingerprint density at radius 3 is 2.87 bits per heavy atom. The predicted molar refractivity (Wildman–Crippen MR) is 114 cm³/mol. The summed E-state index contributed by atoms with van der Waals surface area (Å²) in [6.07, 6.45) is 3.07. The first-order valence-electron chi connectivity index (χ1n) is 9.16. The van der Waals surface area contributed by atoms with Crippen molar-refractivity contribution in [3.8, 4) is 5.75 Å². The lowest BCUT2D eigenvalue weighted by atomic mass is 10.1. The summed E-state index contributed by atoms with van der Waals surface area (Å²) in [5, 5.41) is 3.46. The van der Waals surface area contributed by atoms with E-state index >= 15 is 0 Å². The number of hydrogen-bond donors (Lipinski definition) is 1. The number of nitrogens with zero attached hydrogens (tertiary/aromatic N) is 3. The van der Waals surface area contributed by atoms with Crippen LogP contribution in [0, 0.1) is 5.92 Å². The second kappa shape index (κ2) is 9.84. The fraction of sp³-hybridized carbons (Fsp3) is 0.300. The van der Waals surface area contributed by atoms with Crippen molar-refractivity contribution in [2.45, 2.75) is 20.5 Å². The van der Waals surface area contributed by atoms with Crippen LogP contribution in [0.3, 0.4) is 0 Å². The first kappa shape index (κ1) is 21.9. The Kier molecular flexibility index (Phi) is 7.20. The van der Waals surface area contributed by atoms with E-state index in [2.05, 4.69) is 14.7 Å². The number of nitrogens with one attached hydrogen (secondary N) is 1. The molecule has 0 saturated heterocycles. The van der Waals surface area contributed by atoms with E-state index in [9.17, 15) is 9.59 Å². The van der Waals surface area contributed by atoms with Gasteiger partial charge in [-0.1, -0.05) is 43.7 Å². The van der Waals surface area contributed by atoms with Crippen LogP contribution >= 0.6 is 23.1 Å². The summed E-state index contributed by atoms with van der Waals surface area (Å²) in [5.74, 6) is 0.542. The molecule has 3 rings (SSSR count). The number of benzene rings is 1. The second-order valence-corrected chi connectivity index (χ2v) is 7.93. The van der Waals surface area contributed by atoms with Gasteiger partial charge in [-0.2, -0.15) is 4.37 Å². The van der Waals surface area contributed by atoms with Crippen molar-refractivity contribution in [3.63, 3.8) is 0 Å². The van der Waals surface area contributed by atoms with Gasteiger partial charge in [-0.25, -0.2) is 4.98 Å². The number of para-hydroxylation sites is 1. The van der Waals surface area contributed by atoms with Crippen molar-refractivity contribution in [1.82, 2.24) is 14.3 Å². The maximum Gasteiger partial charge on any atom is 0.273 e. The molecular weight excluding hydrogens is 428 g/mol. The number of halogens is 1. The molecule has 1 aliphatic rings. The van der Waals surface area contributed by atoms with Crippen molar-refractivity contribution < 1.29 is 19.1 Å². The zero-order valence-corrected chi connectivity index (χ0v) is 18.3. The van der Waals surface area contributed by atoms with E-state index in [1.54, 1.807) is 30.3 Å². The highest BCUT2D eigenvalue weighted by molar-refractivity contribution is 7.09. The Morgan fingerprint density at radius 1 is 1.40 bits per heavy atom. The second-order valence-electron chi connectivity index (χ2n) is 6.77. The number of carbonyl (C=O) groups excluding carboxylic acids is 2. The van der Waals surface area contributed by atoms with Crippen LogP contribution in [0.25, 0.3) is 0 Å². The van der Waals surface area contributed by atoms with Crippen molar-refractivity contribution in [1.29, 1.82) is 0 Å². The van der Waals surface area contributed by atoms with Crippen LogP contribution < -0.4 is 10.1 Å². The summed E-state index contributed by atoms with van der Waals surface area (Å²) < 4.78 is 14.9. The molecule has 1 aliphatic heterocycles. The van der Waals surface area contributed by atoms with Gasteiger partial charge in [0.25, 0.3) is 11.8 Å². The number of hydrogen-bond acceptors (Lipinski definition) is 7. The Hall–Kier alpha value is -2.75. The number of aromatic nitrogens is 2. The van der Waals surface area contributed by atoms with E-state index in [4.69, 9.17) is 21.1 Å². The number of allylic oxidation sites excluding steroid dienone is 1. The highest BCUT2D eigenvalue weighted by Crippen LogP contribution is 2.28. The molecule has 2 heterocycles. The molecule has 2 amide bonds. The molecule has 0 aliphatic carbocycles. The topological polar surface area (TPSA) is 93.6 Å². The van der Waals surface area contributed by atoms with Crippen LogP contribution in [-0.2, 0) is 20.9 Å². The van der Waals surface area contributed by atoms with Gasteiger partial charge < -0.3 is 9.47 Å². The monoisotopic (exact) mass is 448 g/mol. The van der Waals surface area contributed by atoms with Gasteiger partial charge in [0.2, 0.25) is 5.13 Å². The van der Waals surface area contributed by atoms with Gasteiger partial charge in [0.15, 0.2) is 5.82 Å². The van der Waals surface area contributed by atoms with Crippen LogP contribution in [0.5, 0.6) is 5.75 Å². The van der Waals surface area contributed by atoms with Gasteiger partial charge in [-0.15, -0.1) is 0 Å². The van der Waals surface area contributed by atoms with Gasteiger partial charge >= 0.3 is 0 Å². The highest BCUT2D eigenvalue weighted by Gasteiger charge is 2.30. The van der Waals surface area contributed by atoms with Crippen LogP contribution in [0.1, 0.15) is 19.7 Å². The molecule has 0 unspecified atom stereocenters. The van der Waals surface area contributed by atoms with E-state index in [1.807, 2.05) is 13.8 Å². The number of methoxy groups -OCH3 is 1. The zero-order chi connectivity index (χ0) is 21.7. The van der Waals surface area contributed by atoms with E-state index in [1.165, 1.54) is 18.1 Å². The van der Waals surface area contributed by atoms with Crippen LogP contribution in [0.4, 0.5) is 5.13 Å². The van der Waals surface area contributed by atoms with Crippen molar-refractivity contribution in [3.05, 3.63) is 58.7 Å². The van der Waals surface area contributed by atoms with E-state index in [-0.39, 0.29) is 30.7 Å². The van der Waals surface area contributed by atoms with Crippen molar-refractivity contribution >= 4 is 40.1 Å². The molecule has 8 nitrogen and oxygen atoms in total. The van der Waals surface area contributed by atoms with Crippen LogP contribution in [0.15, 0.2) is 47.9 Å². The van der Waals surface area contributed by atoms with Crippen molar-refractivity contribution in [2.24, 2.45) is 5.92 Å². The van der Waals surface area contributed by atoms with Crippen LogP contribution in [-0.4, -0.2) is 39.7 Å². The molecule has 0 bridgehead atoms. The number of anilines is 1. The molecule has 1 N–H and O–H groups in total. The summed E-state index contributed by atoms with van der Waals surface area (Å²) in [5.41, 5.74) is 0.215. The van der Waals surface area contributed by atoms with E-state index < -0.39 is 5.91 Å². The normalized spacial score (nSPS) is 14.3. The zero-order valence-electron chi connectivity index (χ0n) is 16.7. The first-order valence-corrected chi connectivity index (χ1v) is 10.3. The van der Waals surface area contributed by atoms with Crippen LogP contribution in [0.2, 0.25) is 5.02 Å². The summed E-state index contributed by atoms with van der Waals surface area (Å²) >= 11 is 7.17. The Balaban J connectivity index is 1.74. The molecule has 10 heteroatoms. The third kappa shape index (κ3) is 5.44. The molecule has 1 aromatic carbocycles. The first-order chi connectivity index (χ1) is 14.4. The summed E-state index contributed by atoms with van der Waals surface area (Å²) in [6, 6.07) is 6.98. The molecule has 1 aromatic heterocycles. The lowest BCUT2D eigenvalue weighted by Gasteiger charge is -2.20. The maximum absolute atomic E-state index is 12.9. The average molecular weight is 449 g/mol. The predicted octanol–water partition coefficient (Wildman–Crippen LogP) is 3.62. The number of carbonyl (C=O) groups is 2. The summed E-state index contributed by atoms with van der Waals surface area (Å²) in [6.45, 7) is 4.20. The lowest BCUT2D eigenvalue weighted by molar-refractivity contribution is -0.126. The minimum atomic E-state index is -0.454. The Bertz CT molecular complexity index is 1000. The molecule has 2 aromatic rings. The molecule has 0 spiro atoms. The lowest BCUT2D eigenvalue weighted by Crippen LogP contribution is -2.33. The summed E-state index contributed by atoms with van der Waals surface area (Å²) in [4.78, 5) is 31.1. The Morgan fingerprint density at radius 2 is 2.17 bits per heavy atom. The third-order valence-corrected chi connectivity index (χ3v) is 4.90. The van der Waals surface area contributed by atoms with E-state index in [0.717, 1.165) is 11.5 Å². The average Bonchev–Trinajstić information content (AvgIpc) is 3.28. The number of ether oxygens (including phenoxy) is 2. The van der Waals surface area contributed by atoms with E-state index in [0.29, 0.717) is 27.5 Å². The van der Waals surface area contributed by atoms with Crippen molar-refractivity contribution in [2.75, 3.05) is 19.0 Å². The molecule has 30 heavy (non-hydrogen) atoms. The molecule has 0 radical (unpaired) electrons. The largest absolute Gasteiger partial charge is 0.458 e. The van der Waals surface area contributed by atoms with Gasteiger partial charge in [0, 0.05) is 24.7 Å². The molecule has 158 valence electrons. The highest BCUT2D eigenvalue weighted by atomic mass is 35.5. The molecule has 0 saturated carbocycles. The molecular formula is C20H21ClN4O4S.